The van der Waals surface area contributed by atoms with Crippen LogP contribution in [0.4, 0.5) is 5.95 Å². The van der Waals surface area contributed by atoms with E-state index < -0.39 is 52.1 Å². The summed E-state index contributed by atoms with van der Waals surface area (Å²) < 4.78 is 33.3. The third kappa shape index (κ3) is 6.53. The van der Waals surface area contributed by atoms with E-state index in [1.165, 1.54) is 18.3 Å². The molecule has 214 valence electrons. The first kappa shape index (κ1) is 31.7. The fourth-order valence-electron chi connectivity index (χ4n) is 4.46. The van der Waals surface area contributed by atoms with E-state index in [0.29, 0.717) is 37.7 Å². The van der Waals surface area contributed by atoms with E-state index in [1.54, 1.807) is 23.1 Å². The van der Waals surface area contributed by atoms with Gasteiger partial charge in [-0.15, -0.1) is 0 Å². The fourth-order valence-corrected chi connectivity index (χ4v) is 5.14. The molecule has 2 aliphatic heterocycles. The molecule has 5 rings (SSSR count). The van der Waals surface area contributed by atoms with Gasteiger partial charge in [0.15, 0.2) is 10.3 Å². The molecule has 4 heterocycles. The van der Waals surface area contributed by atoms with Gasteiger partial charge in [-0.3, -0.25) is 24.0 Å². The number of carbonyl (C=O) groups is 4. The Labute approximate surface area is 281 Å². The molecule has 2 fully saturated rings. The summed E-state index contributed by atoms with van der Waals surface area (Å²) in [6, 6.07) is 5.33. The van der Waals surface area contributed by atoms with Gasteiger partial charge in [-0.2, -0.15) is 4.98 Å². The number of aromatic nitrogens is 3. The van der Waals surface area contributed by atoms with Gasteiger partial charge >= 0.3 is 51.4 Å². The largest absolute Gasteiger partial charge is 1.00 e. The maximum atomic E-state index is 13.2. The molecule has 3 N–H and O–H groups in total. The van der Waals surface area contributed by atoms with Crippen molar-refractivity contribution in [3.63, 3.8) is 0 Å². The second kappa shape index (κ2) is 12.9. The topological polar surface area (TPSA) is 218 Å². The molecule has 2 atom stereocenters. The van der Waals surface area contributed by atoms with Crippen LogP contribution in [0.15, 0.2) is 47.5 Å². The second-order valence-electron chi connectivity index (χ2n) is 9.30. The summed E-state index contributed by atoms with van der Waals surface area (Å²) in [5, 5.41) is 4.84. The number of amides is 4. The van der Waals surface area contributed by atoms with Crippen molar-refractivity contribution in [2.24, 2.45) is 0 Å². The first-order valence-electron chi connectivity index (χ1n) is 12.3. The van der Waals surface area contributed by atoms with Gasteiger partial charge in [0, 0.05) is 38.6 Å². The average Bonchev–Trinajstić information content (AvgIpc) is 2.97. The fraction of sp³-hybridized carbons (Fsp3) is 0.292. The van der Waals surface area contributed by atoms with Gasteiger partial charge in [0.1, 0.15) is 23.3 Å². The van der Waals surface area contributed by atoms with Crippen molar-refractivity contribution in [2.45, 2.75) is 12.1 Å². The minimum Gasteiger partial charge on any atom is -0.731 e. The van der Waals surface area contributed by atoms with Gasteiger partial charge in [0.2, 0.25) is 23.7 Å². The SMILES string of the molecule is O=CN1CCN(c2ncc3c(=O)c(C(=O)NC(C(=O)N[C@H]4CN(S(=O)(=O)[O-])C4=O)c4ccccc4)c[nH]c3n2)CC1.[K+]. The molecule has 0 bridgehead atoms. The molecule has 2 aliphatic rings. The Balaban J connectivity index is 0.00000405. The molecular formula is C24H23KN8O8S. The van der Waals surface area contributed by atoms with Crippen LogP contribution in [0.25, 0.3) is 11.0 Å². The van der Waals surface area contributed by atoms with Crippen LogP contribution in [-0.2, 0) is 24.7 Å². The number of aromatic amines is 1. The Kier molecular flexibility index (Phi) is 9.76. The minimum absolute atomic E-state index is 0. The Bertz CT molecular complexity index is 1700. The summed E-state index contributed by atoms with van der Waals surface area (Å²) in [7, 11) is -5.00. The van der Waals surface area contributed by atoms with E-state index in [4.69, 9.17) is 0 Å². The number of nitrogens with one attached hydrogen (secondary N) is 3. The Morgan fingerprint density at radius 2 is 1.81 bits per heavy atom. The molecular weight excluding hydrogens is 599 g/mol. The Hall–Kier alpha value is -3.26. The number of carbonyl (C=O) groups excluding carboxylic acids is 4. The maximum absolute atomic E-state index is 13.2. The van der Waals surface area contributed by atoms with Crippen LogP contribution in [-0.4, -0.2) is 100 Å². The molecule has 1 aromatic carbocycles. The van der Waals surface area contributed by atoms with Crippen molar-refractivity contribution in [3.05, 3.63) is 64.1 Å². The first-order valence-corrected chi connectivity index (χ1v) is 13.7. The van der Waals surface area contributed by atoms with Crippen molar-refractivity contribution < 1.29 is 83.5 Å². The summed E-state index contributed by atoms with van der Waals surface area (Å²) >= 11 is 0. The van der Waals surface area contributed by atoms with Crippen molar-refractivity contribution in [3.8, 4) is 0 Å². The Morgan fingerprint density at radius 1 is 1.12 bits per heavy atom. The number of hydrogen-bond acceptors (Lipinski definition) is 11. The number of benzene rings is 1. The summed E-state index contributed by atoms with van der Waals surface area (Å²) in [5.74, 6) is -2.51. The van der Waals surface area contributed by atoms with E-state index in [1.807, 2.05) is 4.90 Å². The van der Waals surface area contributed by atoms with Crippen LogP contribution in [0.2, 0.25) is 0 Å². The smallest absolute Gasteiger partial charge is 0.731 e. The third-order valence-corrected chi connectivity index (χ3v) is 7.63. The van der Waals surface area contributed by atoms with Crippen LogP contribution in [0, 0.1) is 0 Å². The normalized spacial score (nSPS) is 17.6. The number of hydrogen-bond donors (Lipinski definition) is 3. The van der Waals surface area contributed by atoms with Gasteiger partial charge in [0.05, 0.1) is 11.9 Å². The maximum Gasteiger partial charge on any atom is 1.00 e. The van der Waals surface area contributed by atoms with Gasteiger partial charge in [-0.05, 0) is 5.56 Å². The number of rotatable bonds is 8. The first-order chi connectivity index (χ1) is 19.6. The molecule has 0 aliphatic carbocycles. The quantitative estimate of drug-likeness (QED) is 0.0934. The van der Waals surface area contributed by atoms with Gasteiger partial charge < -0.3 is 30.0 Å². The summed E-state index contributed by atoms with van der Waals surface area (Å²) in [6.45, 7) is 1.48. The summed E-state index contributed by atoms with van der Waals surface area (Å²) in [4.78, 5) is 77.4. The van der Waals surface area contributed by atoms with E-state index in [2.05, 4.69) is 25.6 Å². The van der Waals surface area contributed by atoms with E-state index in [-0.39, 0.29) is 72.3 Å². The zero-order valence-electron chi connectivity index (χ0n) is 22.2. The van der Waals surface area contributed by atoms with Gasteiger partial charge in [-0.25, -0.2) is 17.7 Å². The summed E-state index contributed by atoms with van der Waals surface area (Å²) in [5.41, 5.74) is -0.511. The molecule has 0 spiro atoms. The molecule has 18 heteroatoms. The molecule has 42 heavy (non-hydrogen) atoms. The number of pyridine rings is 1. The van der Waals surface area contributed by atoms with Crippen LogP contribution in [0.5, 0.6) is 0 Å². The number of β-lactam (4-membered cyclic amide) rings is 1. The predicted molar refractivity (Wildman–Crippen MR) is 140 cm³/mol. The molecule has 2 saturated heterocycles. The van der Waals surface area contributed by atoms with Crippen LogP contribution in [0.3, 0.4) is 0 Å². The van der Waals surface area contributed by atoms with Crippen LogP contribution < -0.4 is 72.3 Å². The van der Waals surface area contributed by atoms with Crippen molar-refractivity contribution >= 4 is 51.4 Å². The predicted octanol–water partition coefficient (Wildman–Crippen LogP) is -5.14. The average molecular weight is 623 g/mol. The number of anilines is 1. The van der Waals surface area contributed by atoms with Crippen molar-refractivity contribution in [1.29, 1.82) is 0 Å². The zero-order valence-corrected chi connectivity index (χ0v) is 26.2. The van der Waals surface area contributed by atoms with E-state index in [9.17, 15) is 36.9 Å². The van der Waals surface area contributed by atoms with Crippen LogP contribution >= 0.6 is 0 Å². The molecule has 1 unspecified atom stereocenters. The standard InChI is InChI=1S/C24H24N8O8S.K/c33-13-30-6-8-31(9-7-30)24-26-10-15-19(34)16(11-25-20(15)29-24)21(35)28-18(14-4-2-1-3-5-14)22(36)27-17-12-32(23(17)37)41(38,39)40;/h1-5,10-11,13,17-18H,6-9,12H2,(H,27,36)(H,28,35)(H,38,39,40)(H,25,26,29,34);/q;+1/p-1/t17-,18?;/m0./s1. The van der Waals surface area contributed by atoms with Crippen molar-refractivity contribution in [1.82, 2.24) is 34.8 Å². The van der Waals surface area contributed by atoms with Gasteiger partial charge in [-0.1, -0.05) is 30.3 Å². The molecule has 3 aromatic rings. The van der Waals surface area contributed by atoms with E-state index >= 15 is 0 Å². The molecule has 0 radical (unpaired) electrons. The number of H-pyrrole nitrogens is 1. The molecule has 4 amide bonds. The number of fused-ring (bicyclic) bond motifs is 1. The Morgan fingerprint density at radius 3 is 2.43 bits per heavy atom. The number of nitrogens with zero attached hydrogens (tertiary/aromatic N) is 5. The molecule has 0 saturated carbocycles. The minimum atomic E-state index is -5.00. The van der Waals surface area contributed by atoms with Crippen LogP contribution in [0.1, 0.15) is 22.0 Å². The van der Waals surface area contributed by atoms with Gasteiger partial charge in [0.25, 0.3) is 11.8 Å². The zero-order chi connectivity index (χ0) is 29.3. The monoisotopic (exact) mass is 622 g/mol. The second-order valence-corrected chi connectivity index (χ2v) is 10.6. The van der Waals surface area contributed by atoms with E-state index in [0.717, 1.165) is 12.6 Å². The summed E-state index contributed by atoms with van der Waals surface area (Å²) in [6.07, 6.45) is 3.23. The van der Waals surface area contributed by atoms with Crippen molar-refractivity contribution in [2.75, 3.05) is 37.6 Å². The molecule has 16 nitrogen and oxygen atoms in total. The number of piperazine rings is 1. The third-order valence-electron chi connectivity index (χ3n) is 6.76. The molecule has 2 aromatic heterocycles.